The van der Waals surface area contributed by atoms with Crippen LogP contribution in [0.4, 0.5) is 0 Å². The van der Waals surface area contributed by atoms with Crippen LogP contribution in [0, 0.1) is 11.8 Å². The molecule has 0 saturated heterocycles. The van der Waals surface area contributed by atoms with Gasteiger partial charge in [0.2, 0.25) is 0 Å². The number of hydrogen-bond acceptors (Lipinski definition) is 5. The minimum absolute atomic E-state index is 0.367. The summed E-state index contributed by atoms with van der Waals surface area (Å²) in [4.78, 5) is 25.0. The zero-order valence-corrected chi connectivity index (χ0v) is 15.5. The Morgan fingerprint density at radius 2 is 1.52 bits per heavy atom. The first-order valence-corrected chi connectivity index (χ1v) is 7.86. The minimum Gasteiger partial charge on any atom is -0.459 e. The van der Waals surface area contributed by atoms with E-state index < -0.39 is 29.1 Å². The van der Waals surface area contributed by atoms with Gasteiger partial charge < -0.3 is 14.8 Å². The molecule has 0 bridgehead atoms. The van der Waals surface area contributed by atoms with Crippen LogP contribution in [0.2, 0.25) is 0 Å². The molecule has 0 aromatic heterocycles. The molecule has 0 fully saturated rings. The van der Waals surface area contributed by atoms with Gasteiger partial charge in [-0.05, 0) is 48.5 Å². The number of carbonyl (C=O) groups is 2. The molecule has 5 nitrogen and oxygen atoms in total. The first-order valence-electron chi connectivity index (χ1n) is 7.86. The number of nitrogens with one attached hydrogen (secondary N) is 1. The van der Waals surface area contributed by atoms with E-state index in [4.69, 9.17) is 9.47 Å². The van der Waals surface area contributed by atoms with Crippen molar-refractivity contribution in [3.63, 3.8) is 0 Å². The molecule has 1 aliphatic heterocycles. The van der Waals surface area contributed by atoms with Crippen molar-refractivity contribution >= 4 is 11.9 Å². The topological polar surface area (TPSA) is 64.6 Å². The van der Waals surface area contributed by atoms with Gasteiger partial charge in [-0.15, -0.1) is 0 Å². The maximum atomic E-state index is 12.5. The third-order valence-electron chi connectivity index (χ3n) is 3.36. The highest BCUT2D eigenvalue weighted by molar-refractivity contribution is 5.92. The molecule has 0 aromatic carbocycles. The molecule has 0 spiro atoms. The van der Waals surface area contributed by atoms with Crippen LogP contribution in [0.1, 0.15) is 55.4 Å². The van der Waals surface area contributed by atoms with E-state index in [-0.39, 0.29) is 5.92 Å². The van der Waals surface area contributed by atoms with Gasteiger partial charge in [0.05, 0.1) is 5.57 Å². The van der Waals surface area contributed by atoms with Gasteiger partial charge in [-0.1, -0.05) is 13.5 Å². The van der Waals surface area contributed by atoms with Gasteiger partial charge in [-0.2, -0.15) is 0 Å². The average Bonchev–Trinajstić information content (AvgIpc) is 2.21. The third kappa shape index (κ3) is 5.12. The predicted molar refractivity (Wildman–Crippen MR) is 89.3 cm³/mol. The molecule has 0 amide bonds. The summed E-state index contributed by atoms with van der Waals surface area (Å²) in [5, 5.41) is 3.03. The highest BCUT2D eigenvalue weighted by Crippen LogP contribution is 2.35. The zero-order valence-electron chi connectivity index (χ0n) is 15.5. The van der Waals surface area contributed by atoms with Crippen LogP contribution >= 0.6 is 0 Å². The fraction of sp³-hybridized carbons (Fsp3) is 0.667. The number of allylic oxidation sites excluding steroid dienone is 1. The van der Waals surface area contributed by atoms with E-state index in [2.05, 4.69) is 11.9 Å². The summed E-state index contributed by atoms with van der Waals surface area (Å²) in [7, 11) is 0. The maximum absolute atomic E-state index is 12.5. The summed E-state index contributed by atoms with van der Waals surface area (Å²) >= 11 is 0. The van der Waals surface area contributed by atoms with Crippen LogP contribution < -0.4 is 5.32 Å². The maximum Gasteiger partial charge on any atom is 0.336 e. The Morgan fingerprint density at radius 1 is 1.04 bits per heavy atom. The van der Waals surface area contributed by atoms with Gasteiger partial charge in [-0.25, -0.2) is 4.79 Å². The average molecular weight is 323 g/mol. The minimum atomic E-state index is -0.625. The molecule has 1 heterocycles. The van der Waals surface area contributed by atoms with Crippen molar-refractivity contribution in [1.82, 2.24) is 5.32 Å². The van der Waals surface area contributed by atoms with E-state index >= 15 is 0 Å². The third-order valence-corrected chi connectivity index (χ3v) is 3.36. The van der Waals surface area contributed by atoms with Crippen LogP contribution in [-0.4, -0.2) is 23.1 Å². The summed E-state index contributed by atoms with van der Waals surface area (Å²) in [6.45, 7) is 18.4. The largest absolute Gasteiger partial charge is 0.459 e. The first-order chi connectivity index (χ1) is 10.2. The van der Waals surface area contributed by atoms with Crippen molar-refractivity contribution in [2.45, 2.75) is 66.6 Å². The second kappa shape index (κ2) is 6.38. The Bertz CT molecular complexity index is 546. The monoisotopic (exact) mass is 323 g/mol. The highest BCUT2D eigenvalue weighted by atomic mass is 16.6. The van der Waals surface area contributed by atoms with Crippen LogP contribution in [-0.2, 0) is 19.1 Å². The summed E-state index contributed by atoms with van der Waals surface area (Å²) < 4.78 is 10.9. The van der Waals surface area contributed by atoms with E-state index in [9.17, 15) is 9.59 Å². The summed E-state index contributed by atoms with van der Waals surface area (Å²) in [5.74, 6) is -1.80. The summed E-state index contributed by atoms with van der Waals surface area (Å²) in [6.07, 6.45) is 0. The van der Waals surface area contributed by atoms with Gasteiger partial charge in [0.15, 0.2) is 0 Å². The van der Waals surface area contributed by atoms with Crippen molar-refractivity contribution in [1.29, 1.82) is 0 Å². The molecule has 2 unspecified atom stereocenters. The predicted octanol–water partition coefficient (Wildman–Crippen LogP) is 3.31. The van der Waals surface area contributed by atoms with E-state index in [1.54, 1.807) is 6.92 Å². The lowest BCUT2D eigenvalue weighted by molar-refractivity contribution is -0.160. The summed E-state index contributed by atoms with van der Waals surface area (Å²) in [5.41, 5.74) is 0.468. The van der Waals surface area contributed by atoms with Gasteiger partial charge >= 0.3 is 11.9 Å². The molecule has 130 valence electrons. The van der Waals surface area contributed by atoms with Gasteiger partial charge in [0, 0.05) is 17.3 Å². The normalized spacial score (nSPS) is 22.5. The molecule has 23 heavy (non-hydrogen) atoms. The van der Waals surface area contributed by atoms with Crippen molar-refractivity contribution in [2.24, 2.45) is 11.8 Å². The molecule has 0 saturated carbocycles. The van der Waals surface area contributed by atoms with Crippen molar-refractivity contribution < 1.29 is 19.1 Å². The standard InChI is InChI=1S/C18H29NO4/c1-10-13(15(20)22-17(4,5)6)11(2)19-12(3)14(10)16(21)23-18(7,8)9/h10,13,19H,2H2,1,3-9H3. The van der Waals surface area contributed by atoms with Crippen LogP contribution in [0.5, 0.6) is 0 Å². The van der Waals surface area contributed by atoms with Crippen molar-refractivity contribution in [2.75, 3.05) is 0 Å². The van der Waals surface area contributed by atoms with Gasteiger partial charge in [0.1, 0.15) is 17.1 Å². The van der Waals surface area contributed by atoms with E-state index in [1.807, 2.05) is 48.5 Å². The van der Waals surface area contributed by atoms with Crippen molar-refractivity contribution in [3.8, 4) is 0 Å². The molecule has 0 radical (unpaired) electrons. The van der Waals surface area contributed by atoms with Crippen LogP contribution in [0.15, 0.2) is 23.5 Å². The number of rotatable bonds is 2. The molecular weight excluding hydrogens is 294 g/mol. The molecular formula is C18H29NO4. The number of hydrogen-bond donors (Lipinski definition) is 1. The van der Waals surface area contributed by atoms with Gasteiger partial charge in [-0.3, -0.25) is 4.79 Å². The summed E-state index contributed by atoms with van der Waals surface area (Å²) in [6, 6.07) is 0. The van der Waals surface area contributed by atoms with Crippen molar-refractivity contribution in [3.05, 3.63) is 23.5 Å². The second-order valence-corrected chi connectivity index (χ2v) is 7.99. The van der Waals surface area contributed by atoms with E-state index in [1.165, 1.54) is 0 Å². The Morgan fingerprint density at radius 3 is 1.96 bits per heavy atom. The lowest BCUT2D eigenvalue weighted by Gasteiger charge is -2.35. The smallest absolute Gasteiger partial charge is 0.336 e. The van der Waals surface area contributed by atoms with Gasteiger partial charge in [0.25, 0.3) is 0 Å². The number of ether oxygens (including phenoxy) is 2. The fourth-order valence-electron chi connectivity index (χ4n) is 2.58. The van der Waals surface area contributed by atoms with E-state index in [0.717, 1.165) is 0 Å². The second-order valence-electron chi connectivity index (χ2n) is 7.99. The van der Waals surface area contributed by atoms with Crippen LogP contribution in [0.25, 0.3) is 0 Å². The molecule has 2 atom stereocenters. The lowest BCUT2D eigenvalue weighted by atomic mass is 9.81. The molecule has 0 aromatic rings. The Labute approximate surface area is 139 Å². The van der Waals surface area contributed by atoms with Crippen LogP contribution in [0.3, 0.4) is 0 Å². The highest BCUT2D eigenvalue weighted by Gasteiger charge is 2.41. The SMILES string of the molecule is C=C1NC(C)=C(C(=O)OC(C)(C)C)C(C)C1C(=O)OC(C)(C)C. The zero-order chi connectivity index (χ0) is 18.2. The number of carbonyl (C=O) groups excluding carboxylic acids is 2. The Hall–Kier alpha value is -1.78. The quantitative estimate of drug-likeness (QED) is 0.790. The Balaban J connectivity index is 3.10. The fourth-order valence-corrected chi connectivity index (χ4v) is 2.58. The molecule has 5 heteroatoms. The number of esters is 2. The molecule has 1 N–H and O–H groups in total. The molecule has 1 rings (SSSR count). The first kappa shape index (κ1) is 19.3. The lowest BCUT2D eigenvalue weighted by Crippen LogP contribution is -2.42. The Kier molecular flexibility index (Phi) is 5.34. The van der Waals surface area contributed by atoms with E-state index in [0.29, 0.717) is 17.0 Å². The molecule has 0 aliphatic carbocycles. The molecule has 1 aliphatic rings.